The molecule has 0 aliphatic carbocycles. The van der Waals surface area contributed by atoms with Gasteiger partial charge in [0.1, 0.15) is 5.82 Å². The molecule has 2 aromatic heterocycles. The Kier molecular flexibility index (Phi) is 4.02. The molecule has 3 rings (SSSR count). The smallest absolute Gasteiger partial charge is 0.138 e. The summed E-state index contributed by atoms with van der Waals surface area (Å²) in [4.78, 5) is 9.29. The molecule has 3 heterocycles. The summed E-state index contributed by atoms with van der Waals surface area (Å²) < 4.78 is 1.80. The lowest BCUT2D eigenvalue weighted by Crippen LogP contribution is -2.33. The Morgan fingerprint density at radius 3 is 2.95 bits per heavy atom. The first-order valence-corrected chi connectivity index (χ1v) is 7.38. The minimum Gasteiger partial charge on any atom is -0.346 e. The molecule has 0 spiro atoms. The predicted octanol–water partition coefficient (Wildman–Crippen LogP) is 1.85. The van der Waals surface area contributed by atoms with Crippen molar-refractivity contribution in [2.45, 2.75) is 18.8 Å². The first-order valence-electron chi connectivity index (χ1n) is 7.38. The van der Waals surface area contributed by atoms with Gasteiger partial charge in [-0.3, -0.25) is 4.90 Å². The lowest BCUT2D eigenvalue weighted by molar-refractivity contribution is 0.233. The van der Waals surface area contributed by atoms with Crippen LogP contribution in [0.25, 0.3) is 11.3 Å². The topological polar surface area (TPSA) is 85.9 Å². The molecule has 0 bridgehead atoms. The lowest BCUT2D eigenvalue weighted by Gasteiger charge is -2.29. The van der Waals surface area contributed by atoms with Crippen LogP contribution in [0, 0.1) is 11.3 Å². The van der Waals surface area contributed by atoms with E-state index in [9.17, 15) is 0 Å². The minimum absolute atomic E-state index is 0.367. The van der Waals surface area contributed by atoms with E-state index in [0.717, 1.165) is 48.7 Å². The van der Waals surface area contributed by atoms with Crippen LogP contribution in [0.2, 0.25) is 0 Å². The average Bonchev–Trinajstić information content (AvgIpc) is 3.14. The Labute approximate surface area is 129 Å². The molecule has 0 saturated carbocycles. The number of rotatable bonds is 4. The standard InChI is InChI=1S/C15H19N7/c1-17-15-12(3-7-18-15)14-13(19-20-21(14)2)11-4-8-22(9-5-11)10-6-16/h3,7,11,18H,1,4-5,8-10H2,2H3. The molecule has 1 fully saturated rings. The molecule has 114 valence electrons. The van der Waals surface area contributed by atoms with Crippen molar-refractivity contribution >= 4 is 12.5 Å². The maximum Gasteiger partial charge on any atom is 0.138 e. The summed E-state index contributed by atoms with van der Waals surface area (Å²) >= 11 is 0. The number of hydrogen-bond donors (Lipinski definition) is 1. The number of nitrogens with zero attached hydrogens (tertiary/aromatic N) is 6. The highest BCUT2D eigenvalue weighted by Crippen LogP contribution is 2.36. The van der Waals surface area contributed by atoms with E-state index in [1.807, 2.05) is 19.3 Å². The van der Waals surface area contributed by atoms with Gasteiger partial charge >= 0.3 is 0 Å². The van der Waals surface area contributed by atoms with Gasteiger partial charge in [0, 0.05) is 24.7 Å². The summed E-state index contributed by atoms with van der Waals surface area (Å²) in [5, 5.41) is 17.4. The molecule has 7 heteroatoms. The van der Waals surface area contributed by atoms with Gasteiger partial charge in [0.05, 0.1) is 24.0 Å². The number of nitriles is 1. The van der Waals surface area contributed by atoms with Gasteiger partial charge in [-0.1, -0.05) is 5.21 Å². The maximum atomic E-state index is 8.79. The first-order chi connectivity index (χ1) is 10.7. The number of nitrogens with one attached hydrogen (secondary N) is 1. The number of piperidine rings is 1. The Morgan fingerprint density at radius 1 is 1.50 bits per heavy atom. The summed E-state index contributed by atoms with van der Waals surface area (Å²) in [6.45, 7) is 5.96. The van der Waals surface area contributed by atoms with Crippen LogP contribution in [0.15, 0.2) is 17.3 Å². The van der Waals surface area contributed by atoms with Crippen molar-refractivity contribution in [3.63, 3.8) is 0 Å². The largest absolute Gasteiger partial charge is 0.346 e. The zero-order valence-electron chi connectivity index (χ0n) is 12.7. The van der Waals surface area contributed by atoms with E-state index in [1.165, 1.54) is 0 Å². The van der Waals surface area contributed by atoms with Gasteiger partial charge in [0.15, 0.2) is 0 Å². The predicted molar refractivity (Wildman–Crippen MR) is 84.0 cm³/mol. The second kappa shape index (κ2) is 6.12. The van der Waals surface area contributed by atoms with Crippen molar-refractivity contribution in [1.29, 1.82) is 5.26 Å². The van der Waals surface area contributed by atoms with Gasteiger partial charge in [-0.05, 0) is 38.7 Å². The van der Waals surface area contributed by atoms with Crippen molar-refractivity contribution in [2.24, 2.45) is 12.0 Å². The van der Waals surface area contributed by atoms with Crippen LogP contribution < -0.4 is 0 Å². The summed E-state index contributed by atoms with van der Waals surface area (Å²) in [5.74, 6) is 1.11. The average molecular weight is 297 g/mol. The van der Waals surface area contributed by atoms with Gasteiger partial charge in [-0.15, -0.1) is 5.10 Å². The zero-order valence-corrected chi connectivity index (χ0v) is 12.7. The van der Waals surface area contributed by atoms with Crippen LogP contribution in [0.3, 0.4) is 0 Å². The van der Waals surface area contributed by atoms with E-state index in [0.29, 0.717) is 12.5 Å². The number of aliphatic imine (C=N–C) groups is 1. The molecule has 0 aromatic carbocycles. The highest BCUT2D eigenvalue weighted by Gasteiger charge is 2.27. The van der Waals surface area contributed by atoms with Crippen molar-refractivity contribution < 1.29 is 0 Å². The number of likely N-dealkylation sites (tertiary alicyclic amines) is 1. The van der Waals surface area contributed by atoms with E-state index in [2.05, 4.69) is 38.0 Å². The van der Waals surface area contributed by atoms with Crippen LogP contribution in [0.1, 0.15) is 24.5 Å². The van der Waals surface area contributed by atoms with Crippen LogP contribution in [0.4, 0.5) is 5.82 Å². The third-order valence-corrected chi connectivity index (χ3v) is 4.26. The summed E-state index contributed by atoms with van der Waals surface area (Å²) in [6, 6.07) is 4.20. The van der Waals surface area contributed by atoms with E-state index in [4.69, 9.17) is 5.26 Å². The summed E-state index contributed by atoms with van der Waals surface area (Å²) in [6.07, 6.45) is 3.84. The molecule has 0 radical (unpaired) electrons. The van der Waals surface area contributed by atoms with Crippen molar-refractivity contribution in [3.05, 3.63) is 18.0 Å². The third-order valence-electron chi connectivity index (χ3n) is 4.26. The molecule has 0 atom stereocenters. The fourth-order valence-electron chi connectivity index (χ4n) is 3.11. The molecule has 0 amide bonds. The fourth-order valence-corrected chi connectivity index (χ4v) is 3.11. The van der Waals surface area contributed by atoms with E-state index in [1.54, 1.807) is 4.68 Å². The molecule has 1 aliphatic rings. The number of aryl methyl sites for hydroxylation is 1. The monoisotopic (exact) mass is 297 g/mol. The van der Waals surface area contributed by atoms with Crippen LogP contribution in [0.5, 0.6) is 0 Å². The quantitative estimate of drug-likeness (QED) is 0.689. The fraction of sp³-hybridized carbons (Fsp3) is 0.467. The highest BCUT2D eigenvalue weighted by molar-refractivity contribution is 5.74. The molecular weight excluding hydrogens is 278 g/mol. The molecule has 0 unspecified atom stereocenters. The lowest BCUT2D eigenvalue weighted by atomic mass is 9.91. The van der Waals surface area contributed by atoms with Gasteiger partial charge in [-0.25, -0.2) is 9.67 Å². The molecule has 7 nitrogen and oxygen atoms in total. The molecule has 2 aromatic rings. The molecule has 1 saturated heterocycles. The molecule has 1 N–H and O–H groups in total. The Hall–Kier alpha value is -2.46. The number of aromatic amines is 1. The third kappa shape index (κ3) is 2.53. The second-order valence-electron chi connectivity index (χ2n) is 5.55. The van der Waals surface area contributed by atoms with Gasteiger partial charge < -0.3 is 4.98 Å². The molecule has 1 aliphatic heterocycles. The Balaban J connectivity index is 1.88. The Morgan fingerprint density at radius 2 is 2.27 bits per heavy atom. The van der Waals surface area contributed by atoms with Gasteiger partial charge in [0.2, 0.25) is 0 Å². The van der Waals surface area contributed by atoms with Crippen LogP contribution in [-0.2, 0) is 7.05 Å². The van der Waals surface area contributed by atoms with Crippen molar-refractivity contribution in [2.75, 3.05) is 19.6 Å². The number of H-pyrrole nitrogens is 1. The van der Waals surface area contributed by atoms with Crippen molar-refractivity contribution in [3.8, 4) is 17.3 Å². The second-order valence-corrected chi connectivity index (χ2v) is 5.55. The minimum atomic E-state index is 0.367. The van der Waals surface area contributed by atoms with Gasteiger partial charge in [-0.2, -0.15) is 5.26 Å². The van der Waals surface area contributed by atoms with E-state index < -0.39 is 0 Å². The highest BCUT2D eigenvalue weighted by atomic mass is 15.4. The molecular formula is C15H19N7. The zero-order chi connectivity index (χ0) is 15.5. The summed E-state index contributed by atoms with van der Waals surface area (Å²) in [7, 11) is 1.90. The maximum absolute atomic E-state index is 8.79. The normalized spacial score (nSPS) is 16.5. The summed E-state index contributed by atoms with van der Waals surface area (Å²) in [5.41, 5.74) is 3.00. The SMILES string of the molecule is C=Nc1[nH]ccc1-c1c(C2CCN(CC#N)CC2)nnn1C. The number of hydrogen-bond acceptors (Lipinski definition) is 5. The van der Waals surface area contributed by atoms with E-state index >= 15 is 0 Å². The van der Waals surface area contributed by atoms with Crippen LogP contribution in [-0.4, -0.2) is 51.2 Å². The first kappa shape index (κ1) is 14.5. The number of aromatic nitrogens is 4. The van der Waals surface area contributed by atoms with Crippen LogP contribution >= 0.6 is 0 Å². The van der Waals surface area contributed by atoms with Gasteiger partial charge in [0.25, 0.3) is 0 Å². The molecule has 22 heavy (non-hydrogen) atoms. The van der Waals surface area contributed by atoms with Crippen molar-refractivity contribution in [1.82, 2.24) is 24.9 Å². The van der Waals surface area contributed by atoms with E-state index in [-0.39, 0.29) is 0 Å². The Bertz CT molecular complexity index is 698.